The molecule has 2 heteroatoms. The number of hydrogen-bond acceptors (Lipinski definition) is 2. The van der Waals surface area contributed by atoms with Crippen LogP contribution in [0.4, 0.5) is 0 Å². The first-order chi connectivity index (χ1) is 7.71. The Morgan fingerprint density at radius 1 is 1.25 bits per heavy atom. The lowest BCUT2D eigenvalue weighted by Gasteiger charge is -2.55. The van der Waals surface area contributed by atoms with Gasteiger partial charge in [0.1, 0.15) is 0 Å². The molecular formula is C14H20O2. The van der Waals surface area contributed by atoms with Crippen LogP contribution in [0.25, 0.3) is 0 Å². The third-order valence-electron chi connectivity index (χ3n) is 5.61. The van der Waals surface area contributed by atoms with Crippen molar-refractivity contribution in [3.63, 3.8) is 0 Å². The summed E-state index contributed by atoms with van der Waals surface area (Å²) in [4.78, 5) is 12.3. The first-order valence-electron chi connectivity index (χ1n) is 6.57. The van der Waals surface area contributed by atoms with Crippen molar-refractivity contribution in [1.82, 2.24) is 0 Å². The maximum atomic E-state index is 12.3. The molecule has 16 heavy (non-hydrogen) atoms. The van der Waals surface area contributed by atoms with Crippen LogP contribution in [-0.4, -0.2) is 12.6 Å². The Kier molecular flexibility index (Phi) is 2.02. The normalized spacial score (nSPS) is 49.2. The molecule has 4 unspecified atom stereocenters. The molecule has 1 aliphatic heterocycles. The number of ether oxygens (including phenoxy) is 1. The highest BCUT2D eigenvalue weighted by molar-refractivity contribution is 5.82. The number of hydrogen-bond donors (Lipinski definition) is 0. The lowest BCUT2D eigenvalue weighted by atomic mass is 9.44. The molecule has 0 amide bonds. The van der Waals surface area contributed by atoms with Crippen molar-refractivity contribution in [3.8, 4) is 0 Å². The molecule has 0 aromatic heterocycles. The number of rotatable bonds is 2. The summed E-state index contributed by atoms with van der Waals surface area (Å²) < 4.78 is 5.49. The summed E-state index contributed by atoms with van der Waals surface area (Å²) in [6.07, 6.45) is 9.06. The van der Waals surface area contributed by atoms with Crippen LogP contribution in [0, 0.1) is 22.7 Å². The van der Waals surface area contributed by atoms with Crippen LogP contribution in [0.5, 0.6) is 0 Å². The Morgan fingerprint density at radius 2 is 1.94 bits per heavy atom. The largest absolute Gasteiger partial charge is 0.465 e. The van der Waals surface area contributed by atoms with Gasteiger partial charge >= 0.3 is 5.97 Å². The maximum absolute atomic E-state index is 12.3. The van der Waals surface area contributed by atoms with E-state index in [9.17, 15) is 4.79 Å². The summed E-state index contributed by atoms with van der Waals surface area (Å²) >= 11 is 0. The van der Waals surface area contributed by atoms with E-state index in [-0.39, 0.29) is 16.8 Å². The third-order valence-corrected chi connectivity index (χ3v) is 5.61. The van der Waals surface area contributed by atoms with E-state index in [0.717, 1.165) is 12.8 Å². The van der Waals surface area contributed by atoms with Crippen LogP contribution in [0.15, 0.2) is 12.2 Å². The summed E-state index contributed by atoms with van der Waals surface area (Å²) in [6, 6.07) is 0. The molecule has 4 aliphatic rings. The molecule has 2 bridgehead atoms. The Hall–Kier alpha value is -0.790. The van der Waals surface area contributed by atoms with E-state index in [1.54, 1.807) is 0 Å². The molecule has 2 fully saturated rings. The van der Waals surface area contributed by atoms with Crippen LogP contribution in [0.3, 0.4) is 0 Å². The van der Waals surface area contributed by atoms with Gasteiger partial charge in [0.05, 0.1) is 12.0 Å². The number of allylic oxidation sites excluding steroid dienone is 2. The maximum Gasteiger partial charge on any atom is 0.313 e. The topological polar surface area (TPSA) is 26.3 Å². The summed E-state index contributed by atoms with van der Waals surface area (Å²) in [5.74, 6) is 1.07. The van der Waals surface area contributed by atoms with Crippen molar-refractivity contribution < 1.29 is 9.53 Å². The SMILES string of the molecule is CCC12COC(=O)C1(CC)C1C=CC2CC1. The lowest BCUT2D eigenvalue weighted by Crippen LogP contribution is -2.56. The van der Waals surface area contributed by atoms with Crippen molar-refractivity contribution in [2.24, 2.45) is 22.7 Å². The Morgan fingerprint density at radius 3 is 2.44 bits per heavy atom. The van der Waals surface area contributed by atoms with Crippen LogP contribution in [-0.2, 0) is 9.53 Å². The summed E-state index contributed by atoms with van der Waals surface area (Å²) in [5.41, 5.74) is -0.0874. The van der Waals surface area contributed by atoms with Gasteiger partial charge in [-0.1, -0.05) is 26.0 Å². The quantitative estimate of drug-likeness (QED) is 0.528. The highest BCUT2D eigenvalue weighted by atomic mass is 16.5. The summed E-state index contributed by atoms with van der Waals surface area (Å²) in [7, 11) is 0. The van der Waals surface area contributed by atoms with Gasteiger partial charge in [0.25, 0.3) is 0 Å². The van der Waals surface area contributed by atoms with E-state index in [2.05, 4.69) is 26.0 Å². The van der Waals surface area contributed by atoms with Gasteiger partial charge in [-0.3, -0.25) is 4.79 Å². The fraction of sp³-hybridized carbons (Fsp3) is 0.786. The Balaban J connectivity index is 2.19. The lowest BCUT2D eigenvalue weighted by molar-refractivity contribution is -0.154. The molecule has 4 rings (SSSR count). The minimum atomic E-state index is -0.195. The first kappa shape index (κ1) is 10.4. The summed E-state index contributed by atoms with van der Waals surface area (Å²) in [5, 5.41) is 0. The van der Waals surface area contributed by atoms with Crippen molar-refractivity contribution in [3.05, 3.63) is 12.2 Å². The van der Waals surface area contributed by atoms with Gasteiger partial charge in [0, 0.05) is 5.41 Å². The molecule has 0 radical (unpaired) electrons. The molecule has 0 aromatic carbocycles. The number of carbonyl (C=O) groups is 1. The van der Waals surface area contributed by atoms with Gasteiger partial charge in [-0.15, -0.1) is 0 Å². The molecule has 4 atom stereocenters. The molecule has 1 heterocycles. The highest BCUT2D eigenvalue weighted by Gasteiger charge is 2.69. The number of carbonyl (C=O) groups excluding carboxylic acids is 1. The monoisotopic (exact) mass is 220 g/mol. The third kappa shape index (κ3) is 0.847. The number of esters is 1. The number of fused-ring (bicyclic) bond motifs is 1. The Labute approximate surface area is 97.1 Å². The van der Waals surface area contributed by atoms with Crippen LogP contribution < -0.4 is 0 Å². The van der Waals surface area contributed by atoms with E-state index >= 15 is 0 Å². The molecule has 0 N–H and O–H groups in total. The standard InChI is InChI=1S/C14H20O2/c1-3-13-9-16-12(15)14(13,4-2)11-7-5-10(13)6-8-11/h5,7,10-11H,3-4,6,8-9H2,1-2H3. The minimum Gasteiger partial charge on any atom is -0.465 e. The molecule has 88 valence electrons. The van der Waals surface area contributed by atoms with Crippen molar-refractivity contribution in [1.29, 1.82) is 0 Å². The number of cyclic esters (lactones) is 1. The summed E-state index contributed by atoms with van der Waals surface area (Å²) in [6.45, 7) is 5.04. The van der Waals surface area contributed by atoms with Gasteiger partial charge in [-0.2, -0.15) is 0 Å². The zero-order chi connectivity index (χ0) is 11.4. The minimum absolute atomic E-state index is 0.0795. The Bertz CT molecular complexity index is 360. The molecule has 0 spiro atoms. The van der Waals surface area contributed by atoms with Crippen LogP contribution in [0.1, 0.15) is 39.5 Å². The van der Waals surface area contributed by atoms with Crippen LogP contribution >= 0.6 is 0 Å². The van der Waals surface area contributed by atoms with Crippen LogP contribution in [0.2, 0.25) is 0 Å². The molecule has 0 aromatic rings. The van der Waals surface area contributed by atoms with E-state index in [4.69, 9.17) is 4.74 Å². The average Bonchev–Trinajstić information content (AvgIpc) is 2.68. The second-order valence-electron chi connectivity index (χ2n) is 5.59. The molecular weight excluding hydrogens is 200 g/mol. The zero-order valence-corrected chi connectivity index (χ0v) is 10.2. The van der Waals surface area contributed by atoms with E-state index in [1.807, 2.05) is 0 Å². The second kappa shape index (κ2) is 3.12. The molecule has 2 nitrogen and oxygen atoms in total. The highest BCUT2D eigenvalue weighted by Crippen LogP contribution is 2.66. The smallest absolute Gasteiger partial charge is 0.313 e. The van der Waals surface area contributed by atoms with Gasteiger partial charge in [-0.25, -0.2) is 0 Å². The predicted octanol–water partition coefficient (Wildman–Crippen LogP) is 2.93. The predicted molar refractivity (Wildman–Crippen MR) is 61.8 cm³/mol. The van der Waals surface area contributed by atoms with Crippen molar-refractivity contribution >= 4 is 5.97 Å². The van der Waals surface area contributed by atoms with E-state index in [0.29, 0.717) is 18.4 Å². The van der Waals surface area contributed by atoms with E-state index < -0.39 is 0 Å². The second-order valence-corrected chi connectivity index (χ2v) is 5.59. The molecule has 3 aliphatic carbocycles. The van der Waals surface area contributed by atoms with Crippen molar-refractivity contribution in [2.75, 3.05) is 6.61 Å². The fourth-order valence-electron chi connectivity index (χ4n) is 4.74. The first-order valence-corrected chi connectivity index (χ1v) is 6.57. The zero-order valence-electron chi connectivity index (χ0n) is 10.2. The van der Waals surface area contributed by atoms with Gasteiger partial charge in [0.2, 0.25) is 0 Å². The van der Waals surface area contributed by atoms with Crippen molar-refractivity contribution in [2.45, 2.75) is 39.5 Å². The van der Waals surface area contributed by atoms with Gasteiger partial charge in [0.15, 0.2) is 0 Å². The van der Waals surface area contributed by atoms with Gasteiger partial charge in [-0.05, 0) is 37.5 Å². The average molecular weight is 220 g/mol. The molecule has 1 saturated carbocycles. The van der Waals surface area contributed by atoms with E-state index in [1.165, 1.54) is 12.8 Å². The molecule has 1 saturated heterocycles. The fourth-order valence-corrected chi connectivity index (χ4v) is 4.74. The van der Waals surface area contributed by atoms with Gasteiger partial charge < -0.3 is 4.74 Å².